The molecule has 96 valence electrons. The molecule has 2 aromatic rings. The van der Waals surface area contributed by atoms with Crippen molar-refractivity contribution in [2.45, 2.75) is 20.4 Å². The Labute approximate surface area is 109 Å². The van der Waals surface area contributed by atoms with Crippen LogP contribution in [0.4, 0.5) is 5.69 Å². The van der Waals surface area contributed by atoms with E-state index in [1.165, 1.54) is 4.90 Å². The Morgan fingerprint density at radius 2 is 2.00 bits per heavy atom. The largest absolute Gasteiger partial charge is 0.299 e. The van der Waals surface area contributed by atoms with Crippen LogP contribution in [0.15, 0.2) is 22.8 Å². The number of nitrogens with zero attached hydrogens (tertiary/aromatic N) is 3. The van der Waals surface area contributed by atoms with Crippen molar-refractivity contribution in [2.75, 3.05) is 4.90 Å². The molecule has 0 bridgehead atoms. The first-order chi connectivity index (χ1) is 9.08. The summed E-state index contributed by atoms with van der Waals surface area (Å²) in [6.45, 7) is 3.81. The van der Waals surface area contributed by atoms with Gasteiger partial charge in [0, 0.05) is 0 Å². The van der Waals surface area contributed by atoms with Gasteiger partial charge in [0.1, 0.15) is 11.4 Å². The van der Waals surface area contributed by atoms with Gasteiger partial charge in [0.25, 0.3) is 11.7 Å². The fourth-order valence-corrected chi connectivity index (χ4v) is 2.11. The number of hydrogen-bond acceptors (Lipinski definition) is 5. The quantitative estimate of drug-likeness (QED) is 0.760. The van der Waals surface area contributed by atoms with E-state index in [4.69, 9.17) is 0 Å². The fourth-order valence-electron chi connectivity index (χ4n) is 2.11. The first kappa shape index (κ1) is 11.6. The van der Waals surface area contributed by atoms with Crippen molar-refractivity contribution in [3.05, 3.63) is 40.7 Å². The maximum absolute atomic E-state index is 12.0. The number of rotatable bonds is 2. The number of aromatic nitrogens is 2. The van der Waals surface area contributed by atoms with Crippen molar-refractivity contribution >= 4 is 17.4 Å². The third-order valence-electron chi connectivity index (χ3n) is 3.18. The SMILES string of the molecule is Cc1ccc2c(c1)C(=O)C(=O)N2Cc1nonc1C. The van der Waals surface area contributed by atoms with Crippen LogP contribution >= 0.6 is 0 Å². The summed E-state index contributed by atoms with van der Waals surface area (Å²) >= 11 is 0. The zero-order chi connectivity index (χ0) is 13.6. The van der Waals surface area contributed by atoms with E-state index in [0.717, 1.165) is 5.56 Å². The Morgan fingerprint density at radius 3 is 2.68 bits per heavy atom. The zero-order valence-corrected chi connectivity index (χ0v) is 10.5. The summed E-state index contributed by atoms with van der Waals surface area (Å²) in [7, 11) is 0. The van der Waals surface area contributed by atoms with E-state index in [0.29, 0.717) is 22.6 Å². The number of carbonyl (C=O) groups excluding carboxylic acids is 2. The van der Waals surface area contributed by atoms with Gasteiger partial charge in [0.05, 0.1) is 17.8 Å². The minimum Gasteiger partial charge on any atom is -0.299 e. The molecule has 1 aromatic heterocycles. The molecule has 1 amide bonds. The minimum atomic E-state index is -0.539. The number of fused-ring (bicyclic) bond motifs is 1. The molecule has 0 saturated heterocycles. The first-order valence-corrected chi connectivity index (χ1v) is 5.83. The fraction of sp³-hybridized carbons (Fsp3) is 0.231. The number of hydrogen-bond donors (Lipinski definition) is 0. The van der Waals surface area contributed by atoms with E-state index in [1.54, 1.807) is 19.1 Å². The van der Waals surface area contributed by atoms with Crippen LogP contribution in [0.25, 0.3) is 0 Å². The molecular formula is C13H11N3O3. The van der Waals surface area contributed by atoms with Crippen LogP contribution < -0.4 is 4.90 Å². The van der Waals surface area contributed by atoms with Gasteiger partial charge >= 0.3 is 0 Å². The highest BCUT2D eigenvalue weighted by molar-refractivity contribution is 6.52. The zero-order valence-electron chi connectivity index (χ0n) is 10.5. The first-order valence-electron chi connectivity index (χ1n) is 5.83. The molecule has 6 heteroatoms. The van der Waals surface area contributed by atoms with Crippen LogP contribution in [0.2, 0.25) is 0 Å². The number of carbonyl (C=O) groups is 2. The van der Waals surface area contributed by atoms with Gasteiger partial charge in [0.2, 0.25) is 0 Å². The molecule has 0 fully saturated rings. The smallest absolute Gasteiger partial charge is 0.299 e. The highest BCUT2D eigenvalue weighted by atomic mass is 16.6. The molecule has 0 atom stereocenters. The molecule has 0 aliphatic carbocycles. The predicted octanol–water partition coefficient (Wildman–Crippen LogP) is 1.42. The number of benzene rings is 1. The third kappa shape index (κ3) is 1.72. The van der Waals surface area contributed by atoms with Crippen molar-refractivity contribution in [1.29, 1.82) is 0 Å². The van der Waals surface area contributed by atoms with E-state index in [-0.39, 0.29) is 6.54 Å². The molecule has 0 radical (unpaired) electrons. The predicted molar refractivity (Wildman–Crippen MR) is 65.7 cm³/mol. The highest BCUT2D eigenvalue weighted by Crippen LogP contribution is 2.30. The number of Topliss-reactive ketones (excluding diaryl/α,β-unsaturated/α-hetero) is 1. The van der Waals surface area contributed by atoms with E-state index in [2.05, 4.69) is 14.9 Å². The second-order valence-electron chi connectivity index (χ2n) is 4.54. The van der Waals surface area contributed by atoms with Gasteiger partial charge in [-0.3, -0.25) is 14.5 Å². The van der Waals surface area contributed by atoms with Gasteiger partial charge in [-0.15, -0.1) is 0 Å². The average Bonchev–Trinajstić information content (AvgIpc) is 2.88. The maximum Gasteiger partial charge on any atom is 0.299 e. The average molecular weight is 257 g/mol. The second-order valence-corrected chi connectivity index (χ2v) is 4.54. The van der Waals surface area contributed by atoms with Crippen LogP contribution in [-0.2, 0) is 11.3 Å². The normalized spacial score (nSPS) is 14.1. The van der Waals surface area contributed by atoms with Crippen LogP contribution in [0.3, 0.4) is 0 Å². The topological polar surface area (TPSA) is 76.3 Å². The lowest BCUT2D eigenvalue weighted by molar-refractivity contribution is -0.114. The summed E-state index contributed by atoms with van der Waals surface area (Å²) in [4.78, 5) is 25.3. The highest BCUT2D eigenvalue weighted by Gasteiger charge is 2.36. The molecule has 1 aromatic carbocycles. The molecule has 3 rings (SSSR count). The monoisotopic (exact) mass is 257 g/mol. The lowest BCUT2D eigenvalue weighted by Crippen LogP contribution is -2.29. The third-order valence-corrected chi connectivity index (χ3v) is 3.18. The minimum absolute atomic E-state index is 0.190. The van der Waals surface area contributed by atoms with Crippen molar-refractivity contribution in [1.82, 2.24) is 10.3 Å². The molecule has 6 nitrogen and oxygen atoms in total. The van der Waals surface area contributed by atoms with Crippen molar-refractivity contribution < 1.29 is 14.2 Å². The molecule has 0 saturated carbocycles. The number of anilines is 1. The molecule has 0 N–H and O–H groups in total. The van der Waals surface area contributed by atoms with Crippen molar-refractivity contribution in [3.63, 3.8) is 0 Å². The van der Waals surface area contributed by atoms with Gasteiger partial charge in [-0.2, -0.15) is 0 Å². The molecule has 0 unspecified atom stereocenters. The number of aryl methyl sites for hydroxylation is 2. The molecular weight excluding hydrogens is 246 g/mol. The summed E-state index contributed by atoms with van der Waals surface area (Å²) in [5.74, 6) is -1.02. The van der Waals surface area contributed by atoms with Gasteiger partial charge in [-0.25, -0.2) is 4.63 Å². The standard InChI is InChI=1S/C13H11N3O3/c1-7-3-4-11-9(5-7)12(17)13(18)16(11)6-10-8(2)14-19-15-10/h3-5H,6H2,1-2H3. The summed E-state index contributed by atoms with van der Waals surface area (Å²) in [5.41, 5.74) is 3.17. The molecule has 1 aliphatic rings. The van der Waals surface area contributed by atoms with Crippen molar-refractivity contribution in [2.24, 2.45) is 0 Å². The Hall–Kier alpha value is -2.50. The van der Waals surface area contributed by atoms with Crippen LogP contribution in [0.1, 0.15) is 27.3 Å². The van der Waals surface area contributed by atoms with Gasteiger partial charge in [-0.05, 0) is 26.0 Å². The van der Waals surface area contributed by atoms with Crippen LogP contribution in [0.5, 0.6) is 0 Å². The summed E-state index contributed by atoms with van der Waals surface area (Å²) in [6.07, 6.45) is 0. The van der Waals surface area contributed by atoms with Gasteiger partial charge in [-0.1, -0.05) is 21.9 Å². The lowest BCUT2D eigenvalue weighted by atomic mass is 10.1. The molecule has 0 spiro atoms. The summed E-state index contributed by atoms with van der Waals surface area (Å²) < 4.78 is 4.60. The maximum atomic E-state index is 12.0. The van der Waals surface area contributed by atoms with Crippen LogP contribution in [0, 0.1) is 13.8 Å². The Kier molecular flexibility index (Phi) is 2.45. The molecule has 1 aliphatic heterocycles. The molecule has 19 heavy (non-hydrogen) atoms. The summed E-state index contributed by atoms with van der Waals surface area (Å²) in [5, 5.41) is 7.40. The Morgan fingerprint density at radius 1 is 1.21 bits per heavy atom. The second kappa shape index (κ2) is 4.01. The lowest BCUT2D eigenvalue weighted by Gasteiger charge is -2.14. The summed E-state index contributed by atoms with van der Waals surface area (Å²) in [6, 6.07) is 5.37. The van der Waals surface area contributed by atoms with E-state index < -0.39 is 11.7 Å². The van der Waals surface area contributed by atoms with E-state index in [1.807, 2.05) is 13.0 Å². The van der Waals surface area contributed by atoms with Crippen LogP contribution in [-0.4, -0.2) is 22.0 Å². The van der Waals surface area contributed by atoms with E-state index >= 15 is 0 Å². The van der Waals surface area contributed by atoms with Gasteiger partial charge < -0.3 is 0 Å². The Balaban J connectivity index is 2.02. The Bertz CT molecular complexity index is 690. The van der Waals surface area contributed by atoms with Gasteiger partial charge in [0.15, 0.2) is 0 Å². The van der Waals surface area contributed by atoms with E-state index in [9.17, 15) is 9.59 Å². The number of ketones is 1. The number of amides is 1. The molecule has 2 heterocycles. The van der Waals surface area contributed by atoms with Crippen molar-refractivity contribution in [3.8, 4) is 0 Å².